The van der Waals surface area contributed by atoms with Crippen molar-refractivity contribution in [3.8, 4) is 5.75 Å². The molecule has 0 atom stereocenters. The lowest BCUT2D eigenvalue weighted by Gasteiger charge is -2.21. The molecule has 1 amide bonds. The number of ether oxygens (including phenoxy) is 1. The average molecular weight is 344 g/mol. The summed E-state index contributed by atoms with van der Waals surface area (Å²) in [5.41, 5.74) is 9.89. The molecule has 25 heavy (non-hydrogen) atoms. The second-order valence-corrected chi connectivity index (χ2v) is 6.17. The van der Waals surface area contributed by atoms with Crippen LogP contribution in [0.3, 0.4) is 0 Å². The van der Waals surface area contributed by atoms with E-state index in [1.54, 1.807) is 0 Å². The van der Waals surface area contributed by atoms with E-state index in [4.69, 9.17) is 10.5 Å². The number of hydrogen-bond acceptors (Lipinski definition) is 4. The Morgan fingerprint density at radius 2 is 2.04 bits per heavy atom. The van der Waals surface area contributed by atoms with Gasteiger partial charge in [0.05, 0.1) is 5.69 Å². The molecule has 0 saturated heterocycles. The van der Waals surface area contributed by atoms with Crippen molar-refractivity contribution in [3.05, 3.63) is 46.8 Å². The highest BCUT2D eigenvalue weighted by molar-refractivity contribution is 5.75. The maximum atomic E-state index is 10.9. The van der Waals surface area contributed by atoms with Crippen molar-refractivity contribution in [2.24, 2.45) is 5.73 Å². The number of aryl methyl sites for hydroxylation is 2. The molecular weight excluding hydrogens is 316 g/mol. The van der Waals surface area contributed by atoms with Gasteiger partial charge in [0.1, 0.15) is 5.75 Å². The Morgan fingerprint density at radius 1 is 1.28 bits per heavy atom. The van der Waals surface area contributed by atoms with Gasteiger partial charge in [0.25, 0.3) is 5.91 Å². The smallest absolute Gasteiger partial charge is 0.255 e. The minimum absolute atomic E-state index is 0.102. The van der Waals surface area contributed by atoms with Crippen molar-refractivity contribution < 1.29 is 9.53 Å². The molecule has 2 rings (SSSR count). The summed E-state index contributed by atoms with van der Waals surface area (Å²) in [7, 11) is 0. The van der Waals surface area contributed by atoms with Crippen LogP contribution in [0.2, 0.25) is 0 Å². The molecule has 2 aromatic rings. The first-order chi connectivity index (χ1) is 11.9. The van der Waals surface area contributed by atoms with Gasteiger partial charge in [-0.3, -0.25) is 14.4 Å². The zero-order valence-electron chi connectivity index (χ0n) is 15.6. The van der Waals surface area contributed by atoms with Crippen molar-refractivity contribution in [2.45, 2.75) is 47.3 Å². The molecule has 0 aliphatic heterocycles. The molecule has 0 aliphatic carbocycles. The topological polar surface area (TPSA) is 73.4 Å². The van der Waals surface area contributed by atoms with E-state index in [1.165, 1.54) is 11.3 Å². The number of primary amides is 1. The maximum absolute atomic E-state index is 10.9. The number of rotatable bonds is 9. The summed E-state index contributed by atoms with van der Waals surface area (Å²) in [4.78, 5) is 13.2. The molecule has 0 fully saturated rings. The molecule has 1 aromatic carbocycles. The van der Waals surface area contributed by atoms with Crippen molar-refractivity contribution in [1.82, 2.24) is 14.7 Å². The molecular formula is C19H28N4O2. The standard InChI is InChI=1S/C19H28N4O2/c1-5-22(12-18-14(3)21-23(6-2)15(18)4)11-16-8-7-9-17(10-16)25-13-19(20)24/h7-10H,5-6,11-13H2,1-4H3,(H2,20,24). The largest absolute Gasteiger partial charge is 0.484 e. The Balaban J connectivity index is 2.08. The van der Waals surface area contributed by atoms with Gasteiger partial charge < -0.3 is 10.5 Å². The normalized spacial score (nSPS) is 11.1. The summed E-state index contributed by atoms with van der Waals surface area (Å²) >= 11 is 0. The molecule has 1 heterocycles. The van der Waals surface area contributed by atoms with E-state index in [-0.39, 0.29) is 6.61 Å². The Kier molecular flexibility index (Phi) is 6.58. The van der Waals surface area contributed by atoms with Gasteiger partial charge in [-0.25, -0.2) is 0 Å². The van der Waals surface area contributed by atoms with Crippen LogP contribution in [0.1, 0.15) is 36.4 Å². The first kappa shape index (κ1) is 19.0. The molecule has 6 heteroatoms. The predicted octanol–water partition coefficient (Wildman–Crippen LogP) is 2.41. The fourth-order valence-electron chi connectivity index (χ4n) is 2.92. The second kappa shape index (κ2) is 8.67. The Labute approximate surface area is 149 Å². The highest BCUT2D eigenvalue weighted by atomic mass is 16.5. The number of hydrogen-bond donors (Lipinski definition) is 1. The first-order valence-electron chi connectivity index (χ1n) is 8.69. The number of amides is 1. The monoisotopic (exact) mass is 344 g/mol. The average Bonchev–Trinajstić information content (AvgIpc) is 2.87. The Hall–Kier alpha value is -2.34. The number of carbonyl (C=O) groups excluding carboxylic acids is 1. The van der Waals surface area contributed by atoms with Crippen molar-refractivity contribution in [1.29, 1.82) is 0 Å². The summed E-state index contributed by atoms with van der Waals surface area (Å²) in [6, 6.07) is 7.79. The minimum atomic E-state index is -0.473. The molecule has 0 radical (unpaired) electrons. The fraction of sp³-hybridized carbons (Fsp3) is 0.474. The highest BCUT2D eigenvalue weighted by Crippen LogP contribution is 2.19. The van der Waals surface area contributed by atoms with E-state index < -0.39 is 5.91 Å². The van der Waals surface area contributed by atoms with Crippen LogP contribution in [0, 0.1) is 13.8 Å². The van der Waals surface area contributed by atoms with Crippen LogP contribution < -0.4 is 10.5 Å². The van der Waals surface area contributed by atoms with E-state index in [2.05, 4.69) is 48.4 Å². The minimum Gasteiger partial charge on any atom is -0.484 e. The highest BCUT2D eigenvalue weighted by Gasteiger charge is 2.14. The van der Waals surface area contributed by atoms with Crippen LogP contribution in [0.5, 0.6) is 5.75 Å². The summed E-state index contributed by atoms with van der Waals surface area (Å²) in [5, 5.41) is 4.60. The SMILES string of the molecule is CCN(Cc1cccc(OCC(N)=O)c1)Cc1c(C)nn(CC)c1C. The lowest BCUT2D eigenvalue weighted by Crippen LogP contribution is -2.23. The fourth-order valence-corrected chi connectivity index (χ4v) is 2.92. The number of benzene rings is 1. The van der Waals surface area contributed by atoms with Crippen molar-refractivity contribution in [2.75, 3.05) is 13.2 Å². The van der Waals surface area contributed by atoms with Crippen LogP contribution in [0.15, 0.2) is 24.3 Å². The first-order valence-corrected chi connectivity index (χ1v) is 8.69. The van der Waals surface area contributed by atoms with Gasteiger partial charge >= 0.3 is 0 Å². The lowest BCUT2D eigenvalue weighted by atomic mass is 10.1. The van der Waals surface area contributed by atoms with Gasteiger partial charge in [0, 0.05) is 30.9 Å². The predicted molar refractivity (Wildman–Crippen MR) is 98.3 cm³/mol. The third-order valence-corrected chi connectivity index (χ3v) is 4.35. The zero-order valence-corrected chi connectivity index (χ0v) is 15.6. The summed E-state index contributed by atoms with van der Waals surface area (Å²) in [6.45, 7) is 11.9. The summed E-state index contributed by atoms with van der Waals surface area (Å²) < 4.78 is 7.44. The van der Waals surface area contributed by atoms with Crippen LogP contribution in [-0.2, 0) is 24.4 Å². The molecule has 0 aliphatic rings. The van der Waals surface area contributed by atoms with Gasteiger partial charge in [-0.2, -0.15) is 5.10 Å². The van der Waals surface area contributed by atoms with E-state index in [0.717, 1.165) is 37.4 Å². The van der Waals surface area contributed by atoms with E-state index in [1.807, 2.05) is 18.2 Å². The summed E-state index contributed by atoms with van der Waals surface area (Å²) in [6.07, 6.45) is 0. The third kappa shape index (κ3) is 5.06. The quantitative estimate of drug-likeness (QED) is 0.758. The second-order valence-electron chi connectivity index (χ2n) is 6.17. The van der Waals surface area contributed by atoms with Crippen LogP contribution in [-0.4, -0.2) is 33.7 Å². The van der Waals surface area contributed by atoms with Crippen LogP contribution >= 0.6 is 0 Å². The number of carbonyl (C=O) groups is 1. The van der Waals surface area contributed by atoms with Gasteiger partial charge in [-0.15, -0.1) is 0 Å². The van der Waals surface area contributed by atoms with Gasteiger partial charge in [0.2, 0.25) is 0 Å². The van der Waals surface area contributed by atoms with E-state index >= 15 is 0 Å². The molecule has 0 unspecified atom stereocenters. The molecule has 136 valence electrons. The number of aromatic nitrogens is 2. The molecule has 1 aromatic heterocycles. The number of nitrogens with zero attached hydrogens (tertiary/aromatic N) is 3. The molecule has 0 bridgehead atoms. The van der Waals surface area contributed by atoms with Crippen LogP contribution in [0.25, 0.3) is 0 Å². The van der Waals surface area contributed by atoms with Crippen molar-refractivity contribution in [3.63, 3.8) is 0 Å². The Morgan fingerprint density at radius 3 is 2.64 bits per heavy atom. The maximum Gasteiger partial charge on any atom is 0.255 e. The van der Waals surface area contributed by atoms with Crippen LogP contribution in [0.4, 0.5) is 0 Å². The van der Waals surface area contributed by atoms with E-state index in [9.17, 15) is 4.79 Å². The lowest BCUT2D eigenvalue weighted by molar-refractivity contribution is -0.119. The third-order valence-electron chi connectivity index (χ3n) is 4.35. The molecule has 0 saturated carbocycles. The molecule has 2 N–H and O–H groups in total. The number of nitrogens with two attached hydrogens (primary N) is 1. The van der Waals surface area contributed by atoms with Gasteiger partial charge in [-0.05, 0) is 45.0 Å². The van der Waals surface area contributed by atoms with Gasteiger partial charge in [-0.1, -0.05) is 19.1 Å². The van der Waals surface area contributed by atoms with Crippen molar-refractivity contribution >= 4 is 5.91 Å². The Bertz CT molecular complexity index is 724. The zero-order chi connectivity index (χ0) is 18.4. The van der Waals surface area contributed by atoms with Gasteiger partial charge in [0.15, 0.2) is 6.61 Å². The molecule has 0 spiro atoms. The molecule has 6 nitrogen and oxygen atoms in total. The summed E-state index contributed by atoms with van der Waals surface area (Å²) in [5.74, 6) is 0.193. The van der Waals surface area contributed by atoms with E-state index in [0.29, 0.717) is 5.75 Å².